The van der Waals surface area contributed by atoms with Crippen molar-refractivity contribution in [3.05, 3.63) is 62.7 Å². The van der Waals surface area contributed by atoms with Gasteiger partial charge in [-0.25, -0.2) is 0 Å². The summed E-state index contributed by atoms with van der Waals surface area (Å²) in [5.74, 6) is -0.395. The maximum absolute atomic E-state index is 12.5. The zero-order valence-electron chi connectivity index (χ0n) is 14.5. The maximum Gasteiger partial charge on any atom is 0.273 e. The predicted octanol–water partition coefficient (Wildman–Crippen LogP) is 4.80. The van der Waals surface area contributed by atoms with Gasteiger partial charge >= 0.3 is 0 Å². The summed E-state index contributed by atoms with van der Waals surface area (Å²) in [6.07, 6.45) is 3.55. The molecule has 7 heteroatoms. The summed E-state index contributed by atoms with van der Waals surface area (Å²) >= 11 is 6.41. The summed E-state index contributed by atoms with van der Waals surface area (Å²) in [5, 5.41) is 14.4. The van der Waals surface area contributed by atoms with Crippen LogP contribution in [0.5, 0.6) is 0 Å². The molecule has 0 bridgehead atoms. The van der Waals surface area contributed by atoms with E-state index in [0.29, 0.717) is 16.3 Å². The molecule has 2 aromatic rings. The second-order valence-electron chi connectivity index (χ2n) is 6.37. The van der Waals surface area contributed by atoms with E-state index >= 15 is 0 Å². The van der Waals surface area contributed by atoms with Gasteiger partial charge in [0.15, 0.2) is 0 Å². The Kier molecular flexibility index (Phi) is 5.42. The zero-order chi connectivity index (χ0) is 18.7. The Hall–Kier alpha value is -2.60. The van der Waals surface area contributed by atoms with Crippen molar-refractivity contribution in [3.8, 4) is 0 Å². The molecule has 1 saturated heterocycles. The first kappa shape index (κ1) is 18.2. The van der Waals surface area contributed by atoms with E-state index in [2.05, 4.69) is 10.2 Å². The molecule has 1 aliphatic heterocycles. The fourth-order valence-electron chi connectivity index (χ4n) is 3.24. The third-order valence-corrected chi connectivity index (χ3v) is 4.95. The van der Waals surface area contributed by atoms with Crippen LogP contribution in [-0.4, -0.2) is 23.9 Å². The highest BCUT2D eigenvalue weighted by atomic mass is 35.5. The van der Waals surface area contributed by atoms with E-state index in [-0.39, 0.29) is 11.3 Å². The number of nitrogens with zero attached hydrogens (tertiary/aromatic N) is 2. The molecule has 0 radical (unpaired) electrons. The number of benzene rings is 2. The van der Waals surface area contributed by atoms with Gasteiger partial charge < -0.3 is 10.2 Å². The van der Waals surface area contributed by atoms with Crippen molar-refractivity contribution in [3.63, 3.8) is 0 Å². The van der Waals surface area contributed by atoms with Gasteiger partial charge in [-0.15, -0.1) is 0 Å². The Balaban J connectivity index is 1.79. The Morgan fingerprint density at radius 2 is 1.92 bits per heavy atom. The number of carbonyl (C=O) groups excluding carboxylic acids is 1. The minimum absolute atomic E-state index is 0.0730. The number of piperidine rings is 1. The lowest BCUT2D eigenvalue weighted by atomic mass is 10.1. The van der Waals surface area contributed by atoms with E-state index in [1.165, 1.54) is 18.6 Å². The number of carbonyl (C=O) groups is 1. The van der Waals surface area contributed by atoms with Crippen LogP contribution in [0.15, 0.2) is 36.4 Å². The monoisotopic (exact) mass is 373 g/mol. The summed E-state index contributed by atoms with van der Waals surface area (Å²) in [5.41, 5.74) is 2.07. The zero-order valence-corrected chi connectivity index (χ0v) is 15.3. The molecule has 1 aliphatic rings. The summed E-state index contributed by atoms with van der Waals surface area (Å²) < 4.78 is 0. The molecular formula is C19H20ClN3O3. The number of rotatable bonds is 4. The van der Waals surface area contributed by atoms with Crippen molar-refractivity contribution < 1.29 is 9.72 Å². The Labute approximate surface area is 156 Å². The van der Waals surface area contributed by atoms with E-state index < -0.39 is 10.8 Å². The van der Waals surface area contributed by atoms with Gasteiger partial charge in [0.25, 0.3) is 11.6 Å². The summed E-state index contributed by atoms with van der Waals surface area (Å²) in [6, 6.07) is 9.89. The van der Waals surface area contributed by atoms with Crippen LogP contribution in [-0.2, 0) is 0 Å². The third-order valence-electron chi connectivity index (χ3n) is 4.65. The molecule has 136 valence electrons. The number of amides is 1. The van der Waals surface area contributed by atoms with Crippen LogP contribution in [0.3, 0.4) is 0 Å². The average Bonchev–Trinajstić information content (AvgIpc) is 2.62. The quantitative estimate of drug-likeness (QED) is 0.617. The van der Waals surface area contributed by atoms with Crippen LogP contribution in [0, 0.1) is 17.0 Å². The Morgan fingerprint density at radius 1 is 1.19 bits per heavy atom. The van der Waals surface area contributed by atoms with E-state index in [1.54, 1.807) is 25.1 Å². The molecule has 1 amide bonds. The van der Waals surface area contributed by atoms with E-state index in [4.69, 9.17) is 11.6 Å². The van der Waals surface area contributed by atoms with Crippen LogP contribution in [0.2, 0.25) is 5.02 Å². The first-order chi connectivity index (χ1) is 12.5. The number of anilines is 2. The lowest BCUT2D eigenvalue weighted by molar-refractivity contribution is -0.385. The van der Waals surface area contributed by atoms with E-state index in [1.807, 2.05) is 6.07 Å². The molecule has 1 heterocycles. The molecule has 0 aliphatic carbocycles. The summed E-state index contributed by atoms with van der Waals surface area (Å²) in [4.78, 5) is 25.3. The van der Waals surface area contributed by atoms with Crippen LogP contribution < -0.4 is 10.2 Å². The van der Waals surface area contributed by atoms with Gasteiger partial charge in [0.1, 0.15) is 0 Å². The largest absolute Gasteiger partial charge is 0.370 e. The predicted molar refractivity (Wildman–Crippen MR) is 103 cm³/mol. The Bertz CT molecular complexity index is 848. The molecular weight excluding hydrogens is 354 g/mol. The fourth-order valence-corrected chi connectivity index (χ4v) is 3.54. The maximum atomic E-state index is 12.5. The third kappa shape index (κ3) is 3.80. The number of nitro benzene ring substituents is 1. The van der Waals surface area contributed by atoms with Crippen LogP contribution in [0.25, 0.3) is 0 Å². The fraction of sp³-hybridized carbons (Fsp3) is 0.316. The molecule has 0 aromatic heterocycles. The lowest BCUT2D eigenvalue weighted by Crippen LogP contribution is -2.29. The lowest BCUT2D eigenvalue weighted by Gasteiger charge is -2.29. The smallest absolute Gasteiger partial charge is 0.273 e. The van der Waals surface area contributed by atoms with E-state index in [0.717, 1.165) is 31.6 Å². The minimum Gasteiger partial charge on any atom is -0.370 e. The topological polar surface area (TPSA) is 75.5 Å². The number of nitrogens with one attached hydrogen (secondary N) is 1. The molecule has 0 spiro atoms. The second-order valence-corrected chi connectivity index (χ2v) is 6.78. The normalized spacial score (nSPS) is 14.2. The molecule has 0 atom stereocenters. The van der Waals surface area contributed by atoms with Crippen molar-refractivity contribution in [1.82, 2.24) is 0 Å². The molecule has 3 rings (SSSR count). The molecule has 26 heavy (non-hydrogen) atoms. The van der Waals surface area contributed by atoms with Crippen LogP contribution >= 0.6 is 11.6 Å². The van der Waals surface area contributed by atoms with Crippen molar-refractivity contribution in [2.24, 2.45) is 0 Å². The molecule has 1 N–H and O–H groups in total. The highest BCUT2D eigenvalue weighted by Crippen LogP contribution is 2.31. The standard InChI is InChI=1S/C19H20ClN3O3/c1-13-15(6-5-7-17(13)23(25)26)19(24)21-14-8-9-18(16(20)12-14)22-10-3-2-4-11-22/h5-9,12H,2-4,10-11H2,1H3,(H,21,24). The molecule has 1 fully saturated rings. The molecule has 2 aromatic carbocycles. The van der Waals surface area contributed by atoms with Crippen LogP contribution in [0.4, 0.5) is 17.1 Å². The van der Waals surface area contributed by atoms with Gasteiger partial charge in [0, 0.05) is 36.0 Å². The number of nitro groups is 1. The van der Waals surface area contributed by atoms with E-state index in [9.17, 15) is 14.9 Å². The Morgan fingerprint density at radius 3 is 2.58 bits per heavy atom. The summed E-state index contributed by atoms with van der Waals surface area (Å²) in [7, 11) is 0. The van der Waals surface area contributed by atoms with Gasteiger partial charge in [-0.05, 0) is 50.5 Å². The van der Waals surface area contributed by atoms with Crippen LogP contribution in [0.1, 0.15) is 35.2 Å². The first-order valence-corrected chi connectivity index (χ1v) is 8.95. The van der Waals surface area contributed by atoms with Crippen molar-refractivity contribution in [1.29, 1.82) is 0 Å². The minimum atomic E-state index is -0.490. The van der Waals surface area contributed by atoms with Gasteiger partial charge in [0.2, 0.25) is 0 Å². The average molecular weight is 374 g/mol. The van der Waals surface area contributed by atoms with Gasteiger partial charge in [-0.1, -0.05) is 17.7 Å². The van der Waals surface area contributed by atoms with Crippen molar-refractivity contribution >= 4 is 34.6 Å². The molecule has 0 saturated carbocycles. The highest BCUT2D eigenvalue weighted by molar-refractivity contribution is 6.33. The molecule has 6 nitrogen and oxygen atoms in total. The number of halogens is 1. The highest BCUT2D eigenvalue weighted by Gasteiger charge is 2.19. The first-order valence-electron chi connectivity index (χ1n) is 8.57. The van der Waals surface area contributed by atoms with Gasteiger partial charge in [-0.3, -0.25) is 14.9 Å². The SMILES string of the molecule is Cc1c(C(=O)Nc2ccc(N3CCCCC3)c(Cl)c2)cccc1[N+](=O)[O-]. The number of hydrogen-bond acceptors (Lipinski definition) is 4. The summed E-state index contributed by atoms with van der Waals surface area (Å²) in [6.45, 7) is 3.54. The van der Waals surface area contributed by atoms with Crippen molar-refractivity contribution in [2.45, 2.75) is 26.2 Å². The number of hydrogen-bond donors (Lipinski definition) is 1. The molecule has 0 unspecified atom stereocenters. The van der Waals surface area contributed by atoms with Crippen molar-refractivity contribution in [2.75, 3.05) is 23.3 Å². The second kappa shape index (κ2) is 7.74. The van der Waals surface area contributed by atoms with Gasteiger partial charge in [0.05, 0.1) is 15.6 Å². The van der Waals surface area contributed by atoms with Gasteiger partial charge in [-0.2, -0.15) is 0 Å².